The molecule has 0 heterocycles. The topological polar surface area (TPSA) is 29.1 Å². The molecule has 0 saturated carbocycles. The minimum atomic E-state index is -0.0948. The van der Waals surface area contributed by atoms with Gasteiger partial charge in [-0.15, -0.1) is 11.8 Å². The van der Waals surface area contributed by atoms with Crippen molar-refractivity contribution in [3.05, 3.63) is 100 Å². The molecule has 0 bridgehead atoms. The Bertz CT molecular complexity index is 875. The van der Waals surface area contributed by atoms with Gasteiger partial charge in [-0.25, -0.2) is 0 Å². The molecular formula is C22H20ClNOS. The van der Waals surface area contributed by atoms with Crippen LogP contribution in [-0.4, -0.2) is 5.91 Å². The van der Waals surface area contributed by atoms with E-state index in [1.807, 2.05) is 48.5 Å². The van der Waals surface area contributed by atoms with Crippen LogP contribution in [0.4, 0.5) is 0 Å². The van der Waals surface area contributed by atoms with Crippen LogP contribution in [0.2, 0.25) is 5.02 Å². The molecule has 1 N–H and O–H groups in total. The van der Waals surface area contributed by atoms with Crippen LogP contribution in [0.3, 0.4) is 0 Å². The Morgan fingerprint density at radius 1 is 0.962 bits per heavy atom. The van der Waals surface area contributed by atoms with Gasteiger partial charge in [-0.1, -0.05) is 59.6 Å². The van der Waals surface area contributed by atoms with E-state index in [9.17, 15) is 4.79 Å². The van der Waals surface area contributed by atoms with Crippen LogP contribution >= 0.6 is 23.4 Å². The first-order chi connectivity index (χ1) is 12.6. The third-order valence-electron chi connectivity index (χ3n) is 4.04. The molecule has 4 heteroatoms. The van der Waals surface area contributed by atoms with E-state index in [0.717, 1.165) is 11.3 Å². The van der Waals surface area contributed by atoms with E-state index in [1.54, 1.807) is 11.8 Å². The van der Waals surface area contributed by atoms with Crippen molar-refractivity contribution in [1.29, 1.82) is 0 Å². The number of aryl methyl sites for hydroxylation is 1. The summed E-state index contributed by atoms with van der Waals surface area (Å²) in [5, 5.41) is 3.57. The van der Waals surface area contributed by atoms with Crippen molar-refractivity contribution < 1.29 is 4.79 Å². The lowest BCUT2D eigenvalue weighted by Gasteiger charge is -2.08. The first kappa shape index (κ1) is 18.6. The lowest BCUT2D eigenvalue weighted by molar-refractivity contribution is 0.0951. The van der Waals surface area contributed by atoms with Gasteiger partial charge in [0, 0.05) is 27.8 Å². The second kappa shape index (κ2) is 8.93. The average molecular weight is 382 g/mol. The third-order valence-corrected chi connectivity index (χ3v) is 5.49. The van der Waals surface area contributed by atoms with Crippen molar-refractivity contribution in [2.75, 3.05) is 0 Å². The summed E-state index contributed by atoms with van der Waals surface area (Å²) in [6.07, 6.45) is 0. The van der Waals surface area contributed by atoms with Crippen molar-refractivity contribution in [2.24, 2.45) is 0 Å². The second-order valence-corrected chi connectivity index (χ2v) is 7.53. The Morgan fingerprint density at radius 3 is 2.35 bits per heavy atom. The fraction of sp³-hybridized carbons (Fsp3) is 0.136. The van der Waals surface area contributed by atoms with Crippen LogP contribution < -0.4 is 5.32 Å². The molecule has 3 aromatic rings. The Balaban J connectivity index is 1.54. The zero-order valence-corrected chi connectivity index (χ0v) is 16.1. The van der Waals surface area contributed by atoms with E-state index in [-0.39, 0.29) is 5.91 Å². The molecule has 3 aromatic carbocycles. The van der Waals surface area contributed by atoms with E-state index in [0.29, 0.717) is 17.1 Å². The van der Waals surface area contributed by atoms with Crippen molar-refractivity contribution in [2.45, 2.75) is 24.1 Å². The molecule has 0 radical (unpaired) electrons. The second-order valence-electron chi connectivity index (χ2n) is 6.07. The summed E-state index contributed by atoms with van der Waals surface area (Å²) in [7, 11) is 0. The first-order valence-electron chi connectivity index (χ1n) is 8.42. The maximum absolute atomic E-state index is 12.3. The van der Waals surface area contributed by atoms with Crippen molar-refractivity contribution in [3.63, 3.8) is 0 Å². The van der Waals surface area contributed by atoms with E-state index < -0.39 is 0 Å². The Morgan fingerprint density at radius 2 is 1.65 bits per heavy atom. The summed E-state index contributed by atoms with van der Waals surface area (Å²) in [4.78, 5) is 13.5. The largest absolute Gasteiger partial charge is 0.348 e. The Kier molecular flexibility index (Phi) is 6.37. The van der Waals surface area contributed by atoms with Gasteiger partial charge in [0.2, 0.25) is 0 Å². The number of thioether (sulfide) groups is 1. The maximum atomic E-state index is 12.3. The molecule has 26 heavy (non-hydrogen) atoms. The SMILES string of the molecule is Cc1ccc(SCc2ccc(C(=O)NCc3ccccc3Cl)cc2)cc1. The number of amides is 1. The van der Waals surface area contributed by atoms with Gasteiger partial charge in [0.25, 0.3) is 5.91 Å². The number of carbonyl (C=O) groups excluding carboxylic acids is 1. The smallest absolute Gasteiger partial charge is 0.251 e. The molecule has 0 aliphatic carbocycles. The summed E-state index contributed by atoms with van der Waals surface area (Å²) >= 11 is 7.91. The molecule has 0 saturated heterocycles. The maximum Gasteiger partial charge on any atom is 0.251 e. The quantitative estimate of drug-likeness (QED) is 0.541. The third kappa shape index (κ3) is 5.13. The minimum Gasteiger partial charge on any atom is -0.348 e. The van der Waals surface area contributed by atoms with Crippen molar-refractivity contribution in [1.82, 2.24) is 5.32 Å². The molecule has 3 rings (SSSR count). The van der Waals surface area contributed by atoms with E-state index in [2.05, 4.69) is 36.5 Å². The van der Waals surface area contributed by atoms with Crippen LogP contribution in [-0.2, 0) is 12.3 Å². The van der Waals surface area contributed by atoms with Crippen molar-refractivity contribution in [3.8, 4) is 0 Å². The van der Waals surface area contributed by atoms with Crippen LogP contribution in [0.15, 0.2) is 77.7 Å². The van der Waals surface area contributed by atoms with E-state index in [4.69, 9.17) is 11.6 Å². The number of benzene rings is 3. The molecule has 0 atom stereocenters. The predicted molar refractivity (Wildman–Crippen MR) is 110 cm³/mol. The highest BCUT2D eigenvalue weighted by atomic mass is 35.5. The van der Waals surface area contributed by atoms with Crippen LogP contribution in [0.25, 0.3) is 0 Å². The summed E-state index contributed by atoms with van der Waals surface area (Å²) in [6, 6.07) is 23.8. The molecular weight excluding hydrogens is 362 g/mol. The lowest BCUT2D eigenvalue weighted by atomic mass is 10.1. The summed E-state index contributed by atoms with van der Waals surface area (Å²) in [5.41, 5.74) is 4.02. The number of rotatable bonds is 6. The van der Waals surface area contributed by atoms with Gasteiger partial charge in [-0.3, -0.25) is 4.79 Å². The van der Waals surface area contributed by atoms with Gasteiger partial charge in [0.1, 0.15) is 0 Å². The van der Waals surface area contributed by atoms with E-state index in [1.165, 1.54) is 16.0 Å². The molecule has 2 nitrogen and oxygen atoms in total. The summed E-state index contributed by atoms with van der Waals surface area (Å²) < 4.78 is 0. The van der Waals surface area contributed by atoms with Gasteiger partial charge in [0.05, 0.1) is 0 Å². The fourth-order valence-corrected chi connectivity index (χ4v) is 3.53. The number of nitrogens with one attached hydrogen (secondary N) is 1. The molecule has 1 amide bonds. The predicted octanol–water partition coefficient (Wildman–Crippen LogP) is 5.87. The van der Waals surface area contributed by atoms with Crippen LogP contribution in [0.5, 0.6) is 0 Å². The van der Waals surface area contributed by atoms with Gasteiger partial charge >= 0.3 is 0 Å². The number of carbonyl (C=O) groups is 1. The van der Waals surface area contributed by atoms with Gasteiger partial charge in [-0.05, 0) is 48.4 Å². The van der Waals surface area contributed by atoms with Crippen molar-refractivity contribution >= 4 is 29.3 Å². The summed E-state index contributed by atoms with van der Waals surface area (Å²) in [5.74, 6) is 0.785. The number of halogens is 1. The number of hydrogen-bond donors (Lipinski definition) is 1. The highest BCUT2D eigenvalue weighted by Gasteiger charge is 2.07. The summed E-state index contributed by atoms with van der Waals surface area (Å²) in [6.45, 7) is 2.51. The average Bonchev–Trinajstić information content (AvgIpc) is 2.67. The number of hydrogen-bond acceptors (Lipinski definition) is 2. The van der Waals surface area contributed by atoms with E-state index >= 15 is 0 Å². The lowest BCUT2D eigenvalue weighted by Crippen LogP contribution is -2.22. The molecule has 0 aliphatic rings. The monoisotopic (exact) mass is 381 g/mol. The molecule has 0 aromatic heterocycles. The Hall–Kier alpha value is -2.23. The van der Waals surface area contributed by atoms with Gasteiger partial charge in [-0.2, -0.15) is 0 Å². The first-order valence-corrected chi connectivity index (χ1v) is 9.78. The molecule has 0 spiro atoms. The molecule has 0 aliphatic heterocycles. The molecule has 0 fully saturated rings. The minimum absolute atomic E-state index is 0.0948. The zero-order chi connectivity index (χ0) is 18.4. The highest BCUT2D eigenvalue weighted by molar-refractivity contribution is 7.98. The van der Waals surface area contributed by atoms with Crippen LogP contribution in [0.1, 0.15) is 27.0 Å². The van der Waals surface area contributed by atoms with Crippen LogP contribution in [0, 0.1) is 6.92 Å². The molecule has 132 valence electrons. The highest BCUT2D eigenvalue weighted by Crippen LogP contribution is 2.23. The van der Waals surface area contributed by atoms with Gasteiger partial charge < -0.3 is 5.32 Å². The van der Waals surface area contributed by atoms with Gasteiger partial charge in [0.15, 0.2) is 0 Å². The molecule has 0 unspecified atom stereocenters. The zero-order valence-electron chi connectivity index (χ0n) is 14.5. The fourth-order valence-electron chi connectivity index (χ4n) is 2.47. The standard InChI is InChI=1S/C22H20ClNOS/c1-16-6-12-20(13-7-16)26-15-17-8-10-18(11-9-17)22(25)24-14-19-4-2-3-5-21(19)23/h2-13H,14-15H2,1H3,(H,24,25). The Labute approximate surface area is 163 Å². The normalized spacial score (nSPS) is 10.5.